The van der Waals surface area contributed by atoms with Gasteiger partial charge in [-0.05, 0) is 49.4 Å². The molecule has 2 atom stereocenters. The second kappa shape index (κ2) is 6.67. The summed E-state index contributed by atoms with van der Waals surface area (Å²) in [6.07, 6.45) is 0.146. The van der Waals surface area contributed by atoms with Gasteiger partial charge in [0.2, 0.25) is 0 Å². The Balaban J connectivity index is 1.39. The Kier molecular flexibility index (Phi) is 4.46. The molecular weight excluding hydrogens is 357 g/mol. The lowest BCUT2D eigenvalue weighted by atomic mass is 10.1. The fourth-order valence-electron chi connectivity index (χ4n) is 3.37. The van der Waals surface area contributed by atoms with Crippen molar-refractivity contribution >= 4 is 11.6 Å². The second-order valence-corrected chi connectivity index (χ2v) is 7.40. The average molecular weight is 378 g/mol. The Morgan fingerprint density at radius 3 is 2.59 bits per heavy atom. The monoisotopic (exact) mass is 378 g/mol. The molecule has 4 rings (SSSR count). The molecule has 0 radical (unpaired) electrons. The highest BCUT2D eigenvalue weighted by Gasteiger charge is 2.39. The van der Waals surface area contributed by atoms with E-state index in [9.17, 15) is 18.0 Å². The number of nitrogens with zero attached hydrogens (tertiary/aromatic N) is 2. The van der Waals surface area contributed by atoms with Crippen molar-refractivity contribution in [2.24, 2.45) is 13.0 Å². The minimum Gasteiger partial charge on any atom is -0.319 e. The molecule has 27 heavy (non-hydrogen) atoms. The Morgan fingerprint density at radius 1 is 1.26 bits per heavy atom. The summed E-state index contributed by atoms with van der Waals surface area (Å²) >= 11 is 0. The topological polar surface area (TPSA) is 59.0 Å². The van der Waals surface area contributed by atoms with E-state index < -0.39 is 17.8 Å². The number of nitrogens with one attached hydrogen (secondary N) is 2. The van der Waals surface area contributed by atoms with E-state index in [1.54, 1.807) is 12.1 Å². The van der Waals surface area contributed by atoms with Crippen LogP contribution in [0.2, 0.25) is 0 Å². The van der Waals surface area contributed by atoms with Crippen molar-refractivity contribution in [2.75, 3.05) is 11.9 Å². The van der Waals surface area contributed by atoms with Gasteiger partial charge in [-0.25, -0.2) is 0 Å². The molecule has 8 heteroatoms. The van der Waals surface area contributed by atoms with Crippen molar-refractivity contribution in [2.45, 2.75) is 37.4 Å². The fourth-order valence-corrected chi connectivity index (χ4v) is 3.37. The van der Waals surface area contributed by atoms with Crippen LogP contribution in [-0.2, 0) is 13.2 Å². The number of benzene rings is 1. The highest BCUT2D eigenvalue weighted by atomic mass is 19.4. The SMILES string of the molecule is Cn1ncc(NC(=O)c2ccc(C3CC3NCC3CC3)cc2)c1C(F)(F)F. The summed E-state index contributed by atoms with van der Waals surface area (Å²) in [6.45, 7) is 1.08. The summed E-state index contributed by atoms with van der Waals surface area (Å²) in [6, 6.07) is 7.57. The lowest BCUT2D eigenvalue weighted by Crippen LogP contribution is -2.20. The van der Waals surface area contributed by atoms with E-state index in [4.69, 9.17) is 0 Å². The summed E-state index contributed by atoms with van der Waals surface area (Å²) in [5, 5.41) is 9.47. The second-order valence-electron chi connectivity index (χ2n) is 7.40. The number of halogens is 3. The Labute approximate surface area is 154 Å². The number of rotatable bonds is 6. The molecule has 2 unspecified atom stereocenters. The van der Waals surface area contributed by atoms with Gasteiger partial charge in [0, 0.05) is 24.6 Å². The fraction of sp³-hybridized carbons (Fsp3) is 0.474. The predicted octanol–water partition coefficient (Wildman–Crippen LogP) is 3.55. The highest BCUT2D eigenvalue weighted by Crippen LogP contribution is 2.41. The molecule has 2 aromatic rings. The van der Waals surface area contributed by atoms with Crippen molar-refractivity contribution in [3.8, 4) is 0 Å². The van der Waals surface area contributed by atoms with Crippen molar-refractivity contribution in [3.05, 3.63) is 47.3 Å². The first kappa shape index (κ1) is 18.0. The molecule has 1 amide bonds. The van der Waals surface area contributed by atoms with Gasteiger partial charge in [-0.1, -0.05) is 12.1 Å². The van der Waals surface area contributed by atoms with E-state index in [1.165, 1.54) is 19.9 Å². The summed E-state index contributed by atoms with van der Waals surface area (Å²) in [5.41, 5.74) is 0.150. The van der Waals surface area contributed by atoms with Gasteiger partial charge in [-0.15, -0.1) is 0 Å². The minimum absolute atomic E-state index is 0.318. The normalized spacial score (nSPS) is 21.9. The summed E-state index contributed by atoms with van der Waals surface area (Å²) in [4.78, 5) is 12.3. The first-order valence-electron chi connectivity index (χ1n) is 9.07. The number of aryl methyl sites for hydroxylation is 1. The molecule has 2 fully saturated rings. The number of aromatic nitrogens is 2. The lowest BCUT2D eigenvalue weighted by Gasteiger charge is -2.11. The van der Waals surface area contributed by atoms with Crippen LogP contribution < -0.4 is 10.6 Å². The molecule has 2 saturated carbocycles. The molecule has 1 heterocycles. The van der Waals surface area contributed by atoms with Crippen molar-refractivity contribution < 1.29 is 18.0 Å². The maximum atomic E-state index is 13.1. The molecule has 0 spiro atoms. The van der Waals surface area contributed by atoms with Crippen LogP contribution in [0.25, 0.3) is 0 Å². The molecule has 144 valence electrons. The number of amides is 1. The highest BCUT2D eigenvalue weighted by molar-refractivity contribution is 6.04. The van der Waals surface area contributed by atoms with Gasteiger partial charge in [-0.3, -0.25) is 9.48 Å². The molecule has 0 aliphatic heterocycles. The minimum atomic E-state index is -4.59. The van der Waals surface area contributed by atoms with Crippen LogP contribution in [0.15, 0.2) is 30.5 Å². The molecule has 2 aliphatic rings. The van der Waals surface area contributed by atoms with E-state index in [0.717, 1.165) is 30.6 Å². The van der Waals surface area contributed by atoms with Crippen LogP contribution in [-0.4, -0.2) is 28.3 Å². The maximum absolute atomic E-state index is 13.1. The van der Waals surface area contributed by atoms with Crippen molar-refractivity contribution in [1.82, 2.24) is 15.1 Å². The number of anilines is 1. The standard InChI is InChI=1S/C19H21F3N4O/c1-26-17(19(20,21)22)16(10-24-26)25-18(27)13-6-4-12(5-7-13)14-8-15(14)23-9-11-2-3-11/h4-7,10-11,14-15,23H,2-3,8-9H2,1H3,(H,25,27). The maximum Gasteiger partial charge on any atom is 0.435 e. The van der Waals surface area contributed by atoms with Gasteiger partial charge in [0.1, 0.15) is 0 Å². The van der Waals surface area contributed by atoms with Gasteiger partial charge in [0.15, 0.2) is 5.69 Å². The summed E-state index contributed by atoms with van der Waals surface area (Å²) < 4.78 is 39.9. The van der Waals surface area contributed by atoms with Crippen LogP contribution in [0.5, 0.6) is 0 Å². The molecular formula is C19H21F3N4O. The Hall–Kier alpha value is -2.35. The van der Waals surface area contributed by atoms with E-state index in [2.05, 4.69) is 15.7 Å². The van der Waals surface area contributed by atoms with Crippen LogP contribution in [0, 0.1) is 5.92 Å². The van der Waals surface area contributed by atoms with Crippen LogP contribution in [0.3, 0.4) is 0 Å². The third-order valence-electron chi connectivity index (χ3n) is 5.21. The van der Waals surface area contributed by atoms with Crippen LogP contribution in [0.1, 0.15) is 46.8 Å². The number of hydrogen-bond acceptors (Lipinski definition) is 3. The van der Waals surface area contributed by atoms with E-state index in [1.807, 2.05) is 12.1 Å². The number of carbonyl (C=O) groups is 1. The predicted molar refractivity (Wildman–Crippen MR) is 94.5 cm³/mol. The zero-order valence-electron chi connectivity index (χ0n) is 14.9. The third-order valence-corrected chi connectivity index (χ3v) is 5.21. The summed E-state index contributed by atoms with van der Waals surface area (Å²) in [5.74, 6) is 0.710. The molecule has 0 saturated heterocycles. The largest absolute Gasteiger partial charge is 0.435 e. The Morgan fingerprint density at radius 2 is 1.96 bits per heavy atom. The van der Waals surface area contributed by atoms with E-state index in [-0.39, 0.29) is 5.69 Å². The number of hydrogen-bond donors (Lipinski definition) is 2. The zero-order chi connectivity index (χ0) is 19.2. The molecule has 2 N–H and O–H groups in total. The molecule has 1 aromatic carbocycles. The first-order valence-corrected chi connectivity index (χ1v) is 9.07. The zero-order valence-corrected chi connectivity index (χ0v) is 14.9. The summed E-state index contributed by atoms with van der Waals surface area (Å²) in [7, 11) is 1.19. The van der Waals surface area contributed by atoms with Gasteiger partial charge in [-0.2, -0.15) is 18.3 Å². The average Bonchev–Trinajstić information content (AvgIpc) is 3.51. The molecule has 2 aliphatic carbocycles. The van der Waals surface area contributed by atoms with Gasteiger partial charge >= 0.3 is 6.18 Å². The van der Waals surface area contributed by atoms with Gasteiger partial charge in [0.05, 0.1) is 11.9 Å². The van der Waals surface area contributed by atoms with E-state index in [0.29, 0.717) is 22.2 Å². The van der Waals surface area contributed by atoms with Gasteiger partial charge < -0.3 is 10.6 Å². The molecule has 1 aromatic heterocycles. The third kappa shape index (κ3) is 4.00. The quantitative estimate of drug-likeness (QED) is 0.808. The molecule has 0 bridgehead atoms. The molecule has 5 nitrogen and oxygen atoms in total. The lowest BCUT2D eigenvalue weighted by molar-refractivity contribution is -0.143. The van der Waals surface area contributed by atoms with Crippen molar-refractivity contribution in [1.29, 1.82) is 0 Å². The number of carbonyl (C=O) groups excluding carboxylic acids is 1. The number of alkyl halides is 3. The van der Waals surface area contributed by atoms with Crippen LogP contribution in [0.4, 0.5) is 18.9 Å². The first-order chi connectivity index (χ1) is 12.8. The Bertz CT molecular complexity index is 840. The van der Waals surface area contributed by atoms with Crippen molar-refractivity contribution in [3.63, 3.8) is 0 Å². The van der Waals surface area contributed by atoms with E-state index >= 15 is 0 Å². The smallest absolute Gasteiger partial charge is 0.319 e. The van der Waals surface area contributed by atoms with Gasteiger partial charge in [0.25, 0.3) is 5.91 Å². The van der Waals surface area contributed by atoms with Crippen LogP contribution >= 0.6 is 0 Å².